The van der Waals surface area contributed by atoms with Gasteiger partial charge in [-0.2, -0.15) is 5.10 Å². The summed E-state index contributed by atoms with van der Waals surface area (Å²) in [6.45, 7) is 0. The molecule has 29 heavy (non-hydrogen) atoms. The van der Waals surface area contributed by atoms with E-state index in [1.807, 2.05) is 17.5 Å². The van der Waals surface area contributed by atoms with Gasteiger partial charge in [0.1, 0.15) is 22.7 Å². The van der Waals surface area contributed by atoms with Gasteiger partial charge in [-0.25, -0.2) is 9.61 Å². The van der Waals surface area contributed by atoms with Crippen LogP contribution >= 0.6 is 23.1 Å². The molecule has 0 aliphatic heterocycles. The molecule has 0 amide bonds. The van der Waals surface area contributed by atoms with Gasteiger partial charge in [0.25, 0.3) is 5.56 Å². The number of H-pyrrole nitrogens is 1. The number of nitrogens with one attached hydrogen (secondary N) is 1. The Hall–Kier alpha value is -3.11. The summed E-state index contributed by atoms with van der Waals surface area (Å²) < 4.78 is 11.9. The van der Waals surface area contributed by atoms with Gasteiger partial charge in [0, 0.05) is 0 Å². The molecule has 3 aromatic heterocycles. The van der Waals surface area contributed by atoms with Gasteiger partial charge in [-0.3, -0.25) is 9.59 Å². The average molecular weight is 428 g/mol. The predicted octanol–water partition coefficient (Wildman–Crippen LogP) is 3.14. The van der Waals surface area contributed by atoms with Gasteiger partial charge in [0.05, 0.1) is 30.4 Å². The molecule has 10 heteroatoms. The number of thiophene rings is 1. The fourth-order valence-electron chi connectivity index (χ4n) is 2.77. The molecule has 0 atom stereocenters. The van der Waals surface area contributed by atoms with Gasteiger partial charge in [0.2, 0.25) is 5.16 Å². The molecular formula is C19H16N4O4S2. The standard InChI is InChI=1S/C19H16N4O4S2/c1-26-11-5-6-16(27-2)12(8-11)15(24)10-29-19-21-20-18(25)14-9-13(22-23(14)19)17-4-3-7-28-17/h3-9H,10H2,1-2H3,(H,20,25). The minimum absolute atomic E-state index is 0.0892. The van der Waals surface area contributed by atoms with Crippen molar-refractivity contribution in [1.82, 2.24) is 19.8 Å². The highest BCUT2D eigenvalue weighted by Crippen LogP contribution is 2.28. The molecule has 8 nitrogen and oxygen atoms in total. The van der Waals surface area contributed by atoms with E-state index in [1.54, 1.807) is 24.3 Å². The summed E-state index contributed by atoms with van der Waals surface area (Å²) in [7, 11) is 3.04. The molecule has 4 aromatic rings. The number of benzene rings is 1. The Morgan fingerprint density at radius 2 is 2.10 bits per heavy atom. The number of hydrogen-bond acceptors (Lipinski definition) is 8. The normalized spacial score (nSPS) is 11.0. The Balaban J connectivity index is 1.63. The van der Waals surface area contributed by atoms with Crippen LogP contribution in [0, 0.1) is 0 Å². The predicted molar refractivity (Wildman–Crippen MR) is 112 cm³/mol. The zero-order chi connectivity index (χ0) is 20.4. The van der Waals surface area contributed by atoms with Crippen LogP contribution < -0.4 is 15.0 Å². The number of nitrogens with zero attached hydrogens (tertiary/aromatic N) is 3. The maximum atomic E-state index is 12.8. The molecule has 0 aliphatic carbocycles. The van der Waals surface area contributed by atoms with Crippen molar-refractivity contribution in [2.45, 2.75) is 5.16 Å². The highest BCUT2D eigenvalue weighted by atomic mass is 32.2. The third-order valence-electron chi connectivity index (χ3n) is 4.19. The molecule has 0 saturated carbocycles. The number of Topliss-reactive ketones (excluding diaryl/α,β-unsaturated/α-hetero) is 1. The summed E-state index contributed by atoms with van der Waals surface area (Å²) in [5, 5.41) is 13.4. The molecule has 0 aliphatic rings. The Bertz CT molecular complexity index is 1230. The summed E-state index contributed by atoms with van der Waals surface area (Å²) >= 11 is 2.71. The lowest BCUT2D eigenvalue weighted by atomic mass is 10.1. The number of fused-ring (bicyclic) bond motifs is 1. The SMILES string of the molecule is COc1ccc(OC)c(C(=O)CSc2n[nH]c(=O)c3cc(-c4cccs4)nn23)c1. The first-order chi connectivity index (χ1) is 14.1. The van der Waals surface area contributed by atoms with E-state index in [4.69, 9.17) is 9.47 Å². The fourth-order valence-corrected chi connectivity index (χ4v) is 4.24. The van der Waals surface area contributed by atoms with Crippen molar-refractivity contribution in [3.63, 3.8) is 0 Å². The van der Waals surface area contributed by atoms with Crippen LogP contribution in [0.4, 0.5) is 0 Å². The van der Waals surface area contributed by atoms with Crippen molar-refractivity contribution in [2.75, 3.05) is 20.0 Å². The molecule has 0 saturated heterocycles. The highest BCUT2D eigenvalue weighted by molar-refractivity contribution is 7.99. The smallest absolute Gasteiger partial charge is 0.290 e. The Labute approximate surface area is 173 Å². The van der Waals surface area contributed by atoms with Crippen LogP contribution in [-0.2, 0) is 0 Å². The van der Waals surface area contributed by atoms with Crippen molar-refractivity contribution in [3.8, 4) is 22.1 Å². The van der Waals surface area contributed by atoms with E-state index in [2.05, 4.69) is 15.3 Å². The average Bonchev–Trinajstić information content (AvgIpc) is 3.43. The molecule has 1 aromatic carbocycles. The monoisotopic (exact) mass is 428 g/mol. The first kappa shape index (κ1) is 19.2. The lowest BCUT2D eigenvalue weighted by Gasteiger charge is -2.09. The van der Waals surface area contributed by atoms with Crippen molar-refractivity contribution in [3.05, 3.63) is 57.7 Å². The largest absolute Gasteiger partial charge is 0.497 e. The van der Waals surface area contributed by atoms with E-state index >= 15 is 0 Å². The minimum atomic E-state index is -0.342. The van der Waals surface area contributed by atoms with E-state index < -0.39 is 0 Å². The molecule has 1 N–H and O–H groups in total. The van der Waals surface area contributed by atoms with Crippen molar-refractivity contribution in [1.29, 1.82) is 0 Å². The molecule has 148 valence electrons. The first-order valence-electron chi connectivity index (χ1n) is 8.51. The van der Waals surface area contributed by atoms with Gasteiger partial charge in [0.15, 0.2) is 5.78 Å². The summed E-state index contributed by atoms with van der Waals surface area (Å²) in [6, 6.07) is 10.6. The highest BCUT2D eigenvalue weighted by Gasteiger charge is 2.17. The van der Waals surface area contributed by atoms with E-state index in [9.17, 15) is 9.59 Å². The van der Waals surface area contributed by atoms with Crippen LogP contribution in [0.15, 0.2) is 51.7 Å². The van der Waals surface area contributed by atoms with Crippen molar-refractivity contribution in [2.24, 2.45) is 0 Å². The van der Waals surface area contributed by atoms with Gasteiger partial charge < -0.3 is 9.47 Å². The van der Waals surface area contributed by atoms with E-state index in [0.29, 0.717) is 33.4 Å². The molecule has 0 fully saturated rings. The number of aromatic amines is 1. The number of ketones is 1. The number of aromatic nitrogens is 4. The van der Waals surface area contributed by atoms with Gasteiger partial charge >= 0.3 is 0 Å². The quantitative estimate of drug-likeness (QED) is 0.357. The Morgan fingerprint density at radius 1 is 1.24 bits per heavy atom. The number of hydrogen-bond donors (Lipinski definition) is 1. The molecule has 0 unspecified atom stereocenters. The zero-order valence-corrected chi connectivity index (χ0v) is 17.2. The minimum Gasteiger partial charge on any atom is -0.497 e. The second kappa shape index (κ2) is 8.10. The summed E-state index contributed by atoms with van der Waals surface area (Å²) in [5.41, 5.74) is 1.13. The molecule has 0 radical (unpaired) electrons. The Kier molecular flexibility index (Phi) is 5.36. The van der Waals surface area contributed by atoms with Gasteiger partial charge in [-0.15, -0.1) is 16.4 Å². The third kappa shape index (κ3) is 3.76. The molecule has 0 spiro atoms. The van der Waals surface area contributed by atoms with Crippen LogP contribution in [0.25, 0.3) is 16.1 Å². The van der Waals surface area contributed by atoms with E-state index in [1.165, 1.54) is 41.8 Å². The van der Waals surface area contributed by atoms with Crippen LogP contribution in [0.2, 0.25) is 0 Å². The number of thioether (sulfide) groups is 1. The first-order valence-corrected chi connectivity index (χ1v) is 10.4. The van der Waals surface area contributed by atoms with Crippen LogP contribution in [0.5, 0.6) is 11.5 Å². The molecular weight excluding hydrogens is 412 g/mol. The van der Waals surface area contributed by atoms with E-state index in [0.717, 1.165) is 4.88 Å². The van der Waals surface area contributed by atoms with Crippen molar-refractivity contribution < 1.29 is 14.3 Å². The maximum Gasteiger partial charge on any atom is 0.290 e. The van der Waals surface area contributed by atoms with Gasteiger partial charge in [-0.05, 0) is 35.7 Å². The lowest BCUT2D eigenvalue weighted by molar-refractivity contribution is 0.101. The van der Waals surface area contributed by atoms with Gasteiger partial charge in [-0.1, -0.05) is 17.8 Å². The second-order valence-corrected chi connectivity index (χ2v) is 7.81. The molecule has 4 rings (SSSR count). The topological polar surface area (TPSA) is 98.6 Å². The second-order valence-electron chi connectivity index (χ2n) is 5.92. The summed E-state index contributed by atoms with van der Waals surface area (Å²) in [6.07, 6.45) is 0. The number of methoxy groups -OCH3 is 2. The third-order valence-corrected chi connectivity index (χ3v) is 6.01. The number of ether oxygens (including phenoxy) is 2. The molecule has 0 bridgehead atoms. The summed E-state index contributed by atoms with van der Waals surface area (Å²) in [4.78, 5) is 25.9. The maximum absolute atomic E-state index is 12.8. The fraction of sp³-hybridized carbons (Fsp3) is 0.158. The van der Waals surface area contributed by atoms with Crippen LogP contribution in [0.3, 0.4) is 0 Å². The number of rotatable bonds is 7. The summed E-state index contributed by atoms with van der Waals surface area (Å²) in [5.74, 6) is 0.968. The van der Waals surface area contributed by atoms with E-state index in [-0.39, 0.29) is 17.1 Å². The molecule has 3 heterocycles. The zero-order valence-electron chi connectivity index (χ0n) is 15.5. The van der Waals surface area contributed by atoms with Crippen molar-refractivity contribution >= 4 is 34.4 Å². The van der Waals surface area contributed by atoms with Crippen LogP contribution in [-0.4, -0.2) is 45.6 Å². The lowest BCUT2D eigenvalue weighted by Crippen LogP contribution is -2.15. The Morgan fingerprint density at radius 3 is 2.83 bits per heavy atom. The number of carbonyl (C=O) groups is 1. The van der Waals surface area contributed by atoms with Crippen LogP contribution in [0.1, 0.15) is 10.4 Å². The number of carbonyl (C=O) groups excluding carboxylic acids is 1.